The molecular weight excluding hydrogens is 239 g/mol. The Bertz CT molecular complexity index is 424. The predicted octanol–water partition coefficient (Wildman–Crippen LogP) is 1.97. The summed E-state index contributed by atoms with van der Waals surface area (Å²) in [6.45, 7) is 1.70. The van der Waals surface area contributed by atoms with E-state index in [0.29, 0.717) is 6.20 Å². The Morgan fingerprint density at radius 2 is 2.24 bits per heavy atom. The SMILES string of the molecule is CCOC(=O)Cc1ncc(C(F)F)c(F)c1O. The number of nitrogens with zero attached hydrogens (tertiary/aromatic N) is 1. The van der Waals surface area contributed by atoms with E-state index in [1.54, 1.807) is 6.92 Å². The minimum atomic E-state index is -3.08. The third kappa shape index (κ3) is 3.08. The number of aromatic nitrogens is 1. The molecule has 0 aliphatic carbocycles. The number of carbonyl (C=O) groups is 1. The van der Waals surface area contributed by atoms with Crippen LogP contribution >= 0.6 is 0 Å². The van der Waals surface area contributed by atoms with E-state index >= 15 is 0 Å². The second-order valence-electron chi connectivity index (χ2n) is 3.11. The first kappa shape index (κ1) is 13.3. The van der Waals surface area contributed by atoms with Gasteiger partial charge in [-0.25, -0.2) is 13.2 Å². The Labute approximate surface area is 95.0 Å². The topological polar surface area (TPSA) is 59.4 Å². The lowest BCUT2D eigenvalue weighted by Crippen LogP contribution is -2.10. The fraction of sp³-hybridized carbons (Fsp3) is 0.400. The molecule has 0 unspecified atom stereocenters. The zero-order chi connectivity index (χ0) is 13.0. The molecule has 17 heavy (non-hydrogen) atoms. The van der Waals surface area contributed by atoms with Gasteiger partial charge in [0.05, 0.1) is 24.3 Å². The average Bonchev–Trinajstić information content (AvgIpc) is 2.25. The number of alkyl halides is 2. The first-order chi connectivity index (χ1) is 7.97. The van der Waals surface area contributed by atoms with E-state index in [2.05, 4.69) is 9.72 Å². The van der Waals surface area contributed by atoms with Crippen LogP contribution in [0.3, 0.4) is 0 Å². The molecule has 1 heterocycles. The highest BCUT2D eigenvalue weighted by molar-refractivity contribution is 5.72. The summed E-state index contributed by atoms with van der Waals surface area (Å²) in [5, 5.41) is 9.27. The number of esters is 1. The number of carbonyl (C=O) groups excluding carboxylic acids is 1. The van der Waals surface area contributed by atoms with Crippen molar-refractivity contribution in [2.45, 2.75) is 19.8 Å². The van der Waals surface area contributed by atoms with Crippen molar-refractivity contribution in [3.63, 3.8) is 0 Å². The monoisotopic (exact) mass is 249 g/mol. The van der Waals surface area contributed by atoms with E-state index in [1.807, 2.05) is 0 Å². The molecule has 7 heteroatoms. The van der Waals surface area contributed by atoms with Crippen LogP contribution in [0.15, 0.2) is 6.20 Å². The van der Waals surface area contributed by atoms with Gasteiger partial charge in [0.1, 0.15) is 0 Å². The molecule has 1 aromatic rings. The minimum Gasteiger partial charge on any atom is -0.504 e. The van der Waals surface area contributed by atoms with Gasteiger partial charge in [0.15, 0.2) is 11.6 Å². The van der Waals surface area contributed by atoms with Crippen LogP contribution in [-0.2, 0) is 16.0 Å². The molecule has 1 rings (SSSR count). The molecular formula is C10H10F3NO3. The van der Waals surface area contributed by atoms with E-state index in [4.69, 9.17) is 0 Å². The van der Waals surface area contributed by atoms with E-state index in [-0.39, 0.29) is 12.3 Å². The number of pyridine rings is 1. The highest BCUT2D eigenvalue weighted by atomic mass is 19.3. The quantitative estimate of drug-likeness (QED) is 0.829. The first-order valence-corrected chi connectivity index (χ1v) is 4.77. The summed E-state index contributed by atoms with van der Waals surface area (Å²) in [6, 6.07) is 0. The predicted molar refractivity (Wildman–Crippen MR) is 51.2 cm³/mol. The lowest BCUT2D eigenvalue weighted by atomic mass is 10.2. The van der Waals surface area contributed by atoms with Crippen LogP contribution in [0.25, 0.3) is 0 Å². The molecule has 0 saturated carbocycles. The van der Waals surface area contributed by atoms with Crippen molar-refractivity contribution < 1.29 is 27.8 Å². The summed E-state index contributed by atoms with van der Waals surface area (Å²) in [6.07, 6.45) is -2.96. The van der Waals surface area contributed by atoms with Gasteiger partial charge in [-0.05, 0) is 6.92 Å². The van der Waals surface area contributed by atoms with E-state index in [9.17, 15) is 23.1 Å². The fourth-order valence-electron chi connectivity index (χ4n) is 1.16. The molecule has 1 aromatic heterocycles. The van der Waals surface area contributed by atoms with Crippen molar-refractivity contribution in [2.24, 2.45) is 0 Å². The van der Waals surface area contributed by atoms with Gasteiger partial charge < -0.3 is 9.84 Å². The van der Waals surface area contributed by atoms with Crippen LogP contribution in [0, 0.1) is 5.82 Å². The second-order valence-corrected chi connectivity index (χ2v) is 3.11. The van der Waals surface area contributed by atoms with E-state index in [1.165, 1.54) is 0 Å². The maximum atomic E-state index is 13.2. The third-order valence-electron chi connectivity index (χ3n) is 1.95. The summed E-state index contributed by atoms with van der Waals surface area (Å²) < 4.78 is 42.3. The molecule has 1 N–H and O–H groups in total. The molecule has 94 valence electrons. The Balaban J connectivity index is 2.96. The van der Waals surface area contributed by atoms with Gasteiger partial charge in [-0.15, -0.1) is 0 Å². The van der Waals surface area contributed by atoms with Crippen molar-refractivity contribution in [3.05, 3.63) is 23.3 Å². The summed E-state index contributed by atoms with van der Waals surface area (Å²) in [7, 11) is 0. The van der Waals surface area contributed by atoms with E-state index in [0.717, 1.165) is 0 Å². The van der Waals surface area contributed by atoms with Gasteiger partial charge in [0.2, 0.25) is 0 Å². The molecule has 0 saturated heterocycles. The Morgan fingerprint density at radius 3 is 2.76 bits per heavy atom. The second kappa shape index (κ2) is 5.51. The third-order valence-corrected chi connectivity index (χ3v) is 1.95. The van der Waals surface area contributed by atoms with Crippen LogP contribution in [0.4, 0.5) is 13.2 Å². The van der Waals surface area contributed by atoms with Crippen molar-refractivity contribution in [1.82, 2.24) is 4.98 Å². The maximum absolute atomic E-state index is 13.2. The average molecular weight is 249 g/mol. The maximum Gasteiger partial charge on any atom is 0.312 e. The number of ether oxygens (including phenoxy) is 1. The highest BCUT2D eigenvalue weighted by Crippen LogP contribution is 2.29. The molecule has 0 bridgehead atoms. The van der Waals surface area contributed by atoms with Crippen molar-refractivity contribution in [1.29, 1.82) is 0 Å². The molecule has 0 aromatic carbocycles. The van der Waals surface area contributed by atoms with Crippen LogP contribution in [0.1, 0.15) is 24.6 Å². The molecule has 0 amide bonds. The van der Waals surface area contributed by atoms with Gasteiger partial charge in [0.25, 0.3) is 6.43 Å². The van der Waals surface area contributed by atoms with Crippen LogP contribution in [-0.4, -0.2) is 22.7 Å². The molecule has 0 fully saturated rings. The summed E-state index contributed by atoms with van der Waals surface area (Å²) in [5.41, 5.74) is -1.33. The smallest absolute Gasteiger partial charge is 0.312 e. The molecule has 0 spiro atoms. The Morgan fingerprint density at radius 1 is 1.59 bits per heavy atom. The molecule has 0 radical (unpaired) electrons. The van der Waals surface area contributed by atoms with Crippen LogP contribution in [0.2, 0.25) is 0 Å². The Kier molecular flexibility index (Phi) is 4.30. The number of halogens is 3. The number of hydrogen-bond donors (Lipinski definition) is 1. The van der Waals surface area contributed by atoms with Crippen LogP contribution in [0.5, 0.6) is 5.75 Å². The summed E-state index contributed by atoms with van der Waals surface area (Å²) in [4.78, 5) is 14.5. The first-order valence-electron chi connectivity index (χ1n) is 4.77. The zero-order valence-electron chi connectivity index (χ0n) is 8.91. The largest absolute Gasteiger partial charge is 0.504 e. The number of rotatable bonds is 4. The standard InChI is InChI=1S/C10H10F3NO3/c1-2-17-7(15)3-6-9(16)8(11)5(4-14-6)10(12)13/h4,10,16H,2-3H2,1H3. The zero-order valence-corrected chi connectivity index (χ0v) is 8.91. The van der Waals surface area contributed by atoms with Crippen molar-refractivity contribution >= 4 is 5.97 Å². The number of aromatic hydroxyl groups is 1. The fourth-order valence-corrected chi connectivity index (χ4v) is 1.16. The molecule has 0 aliphatic rings. The van der Waals surface area contributed by atoms with Gasteiger partial charge in [0, 0.05) is 6.20 Å². The Hall–Kier alpha value is -1.79. The summed E-state index contributed by atoms with van der Waals surface area (Å²) >= 11 is 0. The normalized spacial score (nSPS) is 10.6. The van der Waals surface area contributed by atoms with Gasteiger partial charge >= 0.3 is 5.97 Å². The van der Waals surface area contributed by atoms with Gasteiger partial charge in [-0.3, -0.25) is 9.78 Å². The lowest BCUT2D eigenvalue weighted by Gasteiger charge is -2.07. The molecule has 0 aliphatic heterocycles. The lowest BCUT2D eigenvalue weighted by molar-refractivity contribution is -0.142. The summed E-state index contributed by atoms with van der Waals surface area (Å²) in [5.74, 6) is -3.23. The molecule has 0 atom stereocenters. The highest BCUT2D eigenvalue weighted by Gasteiger charge is 2.21. The van der Waals surface area contributed by atoms with Gasteiger partial charge in [-0.2, -0.15) is 0 Å². The van der Waals surface area contributed by atoms with Crippen molar-refractivity contribution in [3.8, 4) is 5.75 Å². The van der Waals surface area contributed by atoms with Crippen LogP contribution < -0.4 is 0 Å². The number of hydrogen-bond acceptors (Lipinski definition) is 4. The van der Waals surface area contributed by atoms with Crippen molar-refractivity contribution in [2.75, 3.05) is 6.61 Å². The minimum absolute atomic E-state index is 0.122. The van der Waals surface area contributed by atoms with Gasteiger partial charge in [-0.1, -0.05) is 0 Å². The van der Waals surface area contributed by atoms with E-state index < -0.39 is 35.9 Å². The molecule has 4 nitrogen and oxygen atoms in total.